The van der Waals surface area contributed by atoms with Gasteiger partial charge >= 0.3 is 0 Å². The molecule has 0 bridgehead atoms. The van der Waals surface area contributed by atoms with Gasteiger partial charge in [0.15, 0.2) is 0 Å². The van der Waals surface area contributed by atoms with Crippen molar-refractivity contribution in [1.82, 2.24) is 0 Å². The van der Waals surface area contributed by atoms with Gasteiger partial charge in [0.2, 0.25) is 0 Å². The average molecular weight is 344 g/mol. The van der Waals surface area contributed by atoms with E-state index < -0.39 is 0 Å². The van der Waals surface area contributed by atoms with E-state index in [1.54, 1.807) is 0 Å². The molecule has 0 aromatic heterocycles. The first kappa shape index (κ1) is 11.7. The van der Waals surface area contributed by atoms with Gasteiger partial charge in [-0.2, -0.15) is 0 Å². The molecule has 2 aromatic rings. The fraction of sp³-hybridized carbons (Fsp3) is 0.0588. The van der Waals surface area contributed by atoms with Crippen molar-refractivity contribution in [2.24, 2.45) is 0 Å². The third-order valence-electron chi connectivity index (χ3n) is 3.22. The molecule has 0 heterocycles. The van der Waals surface area contributed by atoms with Crippen LogP contribution in [0.15, 0.2) is 72.8 Å². The summed E-state index contributed by atoms with van der Waals surface area (Å²) in [6.45, 7) is 0. The number of allylic oxidation sites excluding steroid dienone is 4. The summed E-state index contributed by atoms with van der Waals surface area (Å²) in [5.74, 6) is 0.454. The molecule has 18 heavy (non-hydrogen) atoms. The van der Waals surface area contributed by atoms with Gasteiger partial charge in [0.1, 0.15) is 0 Å². The van der Waals surface area contributed by atoms with Crippen molar-refractivity contribution in [2.75, 3.05) is 0 Å². The quantitative estimate of drug-likeness (QED) is 0.660. The Kier molecular flexibility index (Phi) is 3.33. The zero-order valence-corrected chi connectivity index (χ0v) is 12.0. The summed E-state index contributed by atoms with van der Waals surface area (Å²) in [7, 11) is 0. The monoisotopic (exact) mass is 344 g/mol. The Hall–Kier alpha value is -1.35. The van der Waals surface area contributed by atoms with E-state index in [4.69, 9.17) is 0 Å². The van der Waals surface area contributed by atoms with Crippen LogP contribution in [0.1, 0.15) is 11.5 Å². The minimum Gasteiger partial charge on any atom is -0.0732 e. The number of halogens is 1. The van der Waals surface area contributed by atoms with Crippen molar-refractivity contribution in [2.45, 2.75) is 5.92 Å². The zero-order valence-electron chi connectivity index (χ0n) is 9.88. The molecule has 0 atom stereocenters. The van der Waals surface area contributed by atoms with E-state index in [1.165, 1.54) is 20.3 Å². The van der Waals surface area contributed by atoms with Crippen LogP contribution in [0.5, 0.6) is 0 Å². The highest BCUT2D eigenvalue weighted by atomic mass is 127. The first-order chi connectivity index (χ1) is 8.83. The number of rotatable bonds is 2. The van der Waals surface area contributed by atoms with E-state index in [-0.39, 0.29) is 0 Å². The van der Waals surface area contributed by atoms with Crippen molar-refractivity contribution < 1.29 is 0 Å². The Bertz CT molecular complexity index is 577. The van der Waals surface area contributed by atoms with E-state index in [0.29, 0.717) is 5.92 Å². The van der Waals surface area contributed by atoms with Crippen molar-refractivity contribution in [3.8, 4) is 11.1 Å². The number of hydrogen-bond donors (Lipinski definition) is 0. The molecule has 0 aliphatic heterocycles. The highest BCUT2D eigenvalue weighted by Gasteiger charge is 2.06. The van der Waals surface area contributed by atoms with Gasteiger partial charge in [-0.15, -0.1) is 0 Å². The lowest BCUT2D eigenvalue weighted by Gasteiger charge is -2.07. The molecule has 3 rings (SSSR count). The maximum Gasteiger partial charge on any atom is 0.0204 e. The van der Waals surface area contributed by atoms with Gasteiger partial charge in [0.25, 0.3) is 0 Å². The van der Waals surface area contributed by atoms with Crippen LogP contribution in [0.25, 0.3) is 11.1 Å². The van der Waals surface area contributed by atoms with Gasteiger partial charge in [-0.1, -0.05) is 60.7 Å². The summed E-state index contributed by atoms with van der Waals surface area (Å²) in [6.07, 6.45) is 8.66. The summed E-state index contributed by atoms with van der Waals surface area (Å²) in [5, 5.41) is 0. The first-order valence-electron chi connectivity index (χ1n) is 6.04. The predicted octanol–water partition coefficient (Wildman–Crippen LogP) is 5.17. The Morgan fingerprint density at radius 1 is 0.667 bits per heavy atom. The summed E-state index contributed by atoms with van der Waals surface area (Å²) < 4.78 is 1.27. The smallest absolute Gasteiger partial charge is 0.0204 e. The third-order valence-corrected chi connectivity index (χ3v) is 3.94. The highest BCUT2D eigenvalue weighted by molar-refractivity contribution is 14.1. The second-order valence-electron chi connectivity index (χ2n) is 4.42. The molecule has 0 radical (unpaired) electrons. The van der Waals surface area contributed by atoms with Crippen LogP contribution < -0.4 is 0 Å². The van der Waals surface area contributed by atoms with Crippen LogP contribution >= 0.6 is 22.6 Å². The van der Waals surface area contributed by atoms with E-state index in [0.717, 1.165) is 0 Å². The van der Waals surface area contributed by atoms with Crippen molar-refractivity contribution in [3.63, 3.8) is 0 Å². The fourth-order valence-corrected chi connectivity index (χ4v) is 2.55. The first-order valence-corrected chi connectivity index (χ1v) is 7.12. The normalized spacial score (nSPS) is 14.3. The van der Waals surface area contributed by atoms with Gasteiger partial charge in [0, 0.05) is 9.49 Å². The van der Waals surface area contributed by atoms with Crippen LogP contribution in [0.3, 0.4) is 0 Å². The van der Waals surface area contributed by atoms with Crippen LogP contribution in [0.2, 0.25) is 0 Å². The Labute approximate surface area is 121 Å². The maximum atomic E-state index is 2.33. The molecule has 0 unspecified atom stereocenters. The topological polar surface area (TPSA) is 0 Å². The van der Waals surface area contributed by atoms with Gasteiger partial charge in [0.05, 0.1) is 0 Å². The molecule has 0 saturated carbocycles. The highest BCUT2D eigenvalue weighted by Crippen LogP contribution is 2.26. The summed E-state index contributed by atoms with van der Waals surface area (Å²) in [6, 6.07) is 17.5. The van der Waals surface area contributed by atoms with E-state index >= 15 is 0 Å². The molecule has 88 valence electrons. The second-order valence-corrected chi connectivity index (χ2v) is 5.67. The van der Waals surface area contributed by atoms with E-state index in [1.807, 2.05) is 0 Å². The summed E-state index contributed by atoms with van der Waals surface area (Å²) in [5.41, 5.74) is 3.91. The van der Waals surface area contributed by atoms with Gasteiger partial charge in [-0.25, -0.2) is 0 Å². The number of benzene rings is 2. The molecule has 0 saturated heterocycles. The van der Waals surface area contributed by atoms with Gasteiger partial charge < -0.3 is 0 Å². The summed E-state index contributed by atoms with van der Waals surface area (Å²) in [4.78, 5) is 0. The van der Waals surface area contributed by atoms with Crippen LogP contribution in [-0.4, -0.2) is 0 Å². The minimum atomic E-state index is 0.454. The minimum absolute atomic E-state index is 0.454. The molecule has 1 heteroatoms. The molecular formula is C17H13I. The van der Waals surface area contributed by atoms with Crippen molar-refractivity contribution >= 4 is 22.6 Å². The predicted molar refractivity (Wildman–Crippen MR) is 85.6 cm³/mol. The van der Waals surface area contributed by atoms with Crippen molar-refractivity contribution in [3.05, 3.63) is 82.0 Å². The molecule has 1 aliphatic carbocycles. The lowest BCUT2D eigenvalue weighted by Crippen LogP contribution is -1.88. The lowest BCUT2D eigenvalue weighted by molar-refractivity contribution is 1.10. The molecule has 2 aromatic carbocycles. The third kappa shape index (κ3) is 2.41. The Morgan fingerprint density at radius 2 is 1.17 bits per heavy atom. The lowest BCUT2D eigenvalue weighted by atomic mass is 9.97. The molecule has 0 N–H and O–H groups in total. The molecule has 0 spiro atoms. The molecule has 0 nitrogen and oxygen atoms in total. The van der Waals surface area contributed by atoms with Gasteiger partial charge in [-0.05, 0) is 51.4 Å². The molecule has 0 fully saturated rings. The fourth-order valence-electron chi connectivity index (χ4n) is 2.19. The van der Waals surface area contributed by atoms with Crippen LogP contribution in [0, 0.1) is 3.57 Å². The molecule has 1 aliphatic rings. The van der Waals surface area contributed by atoms with Crippen molar-refractivity contribution in [1.29, 1.82) is 0 Å². The maximum absolute atomic E-state index is 2.33. The SMILES string of the molecule is Ic1ccc(-c2ccc(C3C=CC=C3)cc2)cc1. The van der Waals surface area contributed by atoms with Crippen LogP contribution in [0.4, 0.5) is 0 Å². The summed E-state index contributed by atoms with van der Waals surface area (Å²) >= 11 is 2.33. The Balaban J connectivity index is 1.88. The molecule has 0 amide bonds. The van der Waals surface area contributed by atoms with E-state index in [9.17, 15) is 0 Å². The largest absolute Gasteiger partial charge is 0.0732 e. The number of hydrogen-bond acceptors (Lipinski definition) is 0. The standard InChI is InChI=1S/C17H13I/c18-17-11-9-16(10-12-17)15-7-5-14(6-8-15)13-3-1-2-4-13/h1-13H. The zero-order chi connectivity index (χ0) is 12.4. The van der Waals surface area contributed by atoms with Gasteiger partial charge in [-0.3, -0.25) is 0 Å². The average Bonchev–Trinajstić information content (AvgIpc) is 2.94. The van der Waals surface area contributed by atoms with Crippen LogP contribution in [-0.2, 0) is 0 Å². The molecular weight excluding hydrogens is 331 g/mol. The second kappa shape index (κ2) is 5.11. The Morgan fingerprint density at radius 3 is 1.72 bits per heavy atom. The van der Waals surface area contributed by atoms with E-state index in [2.05, 4.69) is 95.4 Å².